The van der Waals surface area contributed by atoms with Crippen molar-refractivity contribution in [2.45, 2.75) is 6.92 Å². The Balaban J connectivity index is 2.22. The SMILES string of the molecule is CCOC(=O)/C=C/c1ccc2cccnc2c1. The summed E-state index contributed by atoms with van der Waals surface area (Å²) in [5, 5.41) is 1.08. The molecule has 0 fully saturated rings. The fraction of sp³-hybridized carbons (Fsp3) is 0.143. The molecule has 0 unspecified atom stereocenters. The highest BCUT2D eigenvalue weighted by Gasteiger charge is 1.96. The largest absolute Gasteiger partial charge is 0.463 e. The number of nitrogens with zero attached hydrogens (tertiary/aromatic N) is 1. The van der Waals surface area contributed by atoms with Crippen LogP contribution in [0.15, 0.2) is 42.6 Å². The molecule has 0 radical (unpaired) electrons. The zero-order valence-electron chi connectivity index (χ0n) is 9.59. The van der Waals surface area contributed by atoms with Crippen LogP contribution in [0.1, 0.15) is 12.5 Å². The first-order valence-corrected chi connectivity index (χ1v) is 5.49. The lowest BCUT2D eigenvalue weighted by Gasteiger charge is -1.98. The number of carbonyl (C=O) groups is 1. The number of esters is 1. The van der Waals surface area contributed by atoms with E-state index < -0.39 is 0 Å². The van der Waals surface area contributed by atoms with Gasteiger partial charge in [0.05, 0.1) is 12.1 Å². The van der Waals surface area contributed by atoms with Crippen molar-refractivity contribution in [3.05, 3.63) is 48.2 Å². The molecule has 3 heteroatoms. The second-order valence-electron chi connectivity index (χ2n) is 3.54. The van der Waals surface area contributed by atoms with Crippen molar-refractivity contribution in [3.8, 4) is 0 Å². The van der Waals surface area contributed by atoms with E-state index in [1.54, 1.807) is 19.2 Å². The average molecular weight is 227 g/mol. The molecule has 17 heavy (non-hydrogen) atoms. The molecule has 0 spiro atoms. The highest BCUT2D eigenvalue weighted by molar-refractivity contribution is 5.88. The number of pyridine rings is 1. The zero-order chi connectivity index (χ0) is 12.1. The summed E-state index contributed by atoms with van der Waals surface area (Å²) in [4.78, 5) is 15.4. The van der Waals surface area contributed by atoms with E-state index in [4.69, 9.17) is 4.74 Å². The van der Waals surface area contributed by atoms with Gasteiger partial charge in [-0.3, -0.25) is 4.98 Å². The van der Waals surface area contributed by atoms with E-state index in [0.29, 0.717) is 6.61 Å². The molecule has 0 saturated heterocycles. The molecule has 1 heterocycles. The molecule has 3 nitrogen and oxygen atoms in total. The fourth-order valence-corrected chi connectivity index (χ4v) is 1.54. The van der Waals surface area contributed by atoms with Crippen LogP contribution in [-0.2, 0) is 9.53 Å². The van der Waals surface area contributed by atoms with Gasteiger partial charge in [-0.1, -0.05) is 18.2 Å². The lowest BCUT2D eigenvalue weighted by Crippen LogP contribution is -1.98. The summed E-state index contributed by atoms with van der Waals surface area (Å²) in [5.41, 5.74) is 1.85. The summed E-state index contributed by atoms with van der Waals surface area (Å²) in [6.45, 7) is 2.17. The van der Waals surface area contributed by atoms with Gasteiger partial charge in [0, 0.05) is 17.7 Å². The quantitative estimate of drug-likeness (QED) is 0.598. The van der Waals surface area contributed by atoms with Gasteiger partial charge in [-0.2, -0.15) is 0 Å². The third-order valence-electron chi connectivity index (χ3n) is 2.33. The van der Waals surface area contributed by atoms with E-state index >= 15 is 0 Å². The van der Waals surface area contributed by atoms with E-state index in [1.165, 1.54) is 6.08 Å². The maximum atomic E-state index is 11.2. The van der Waals surface area contributed by atoms with Crippen LogP contribution in [-0.4, -0.2) is 17.6 Å². The zero-order valence-corrected chi connectivity index (χ0v) is 9.59. The third kappa shape index (κ3) is 2.91. The molecule has 2 rings (SSSR count). The number of hydrogen-bond donors (Lipinski definition) is 0. The van der Waals surface area contributed by atoms with E-state index in [2.05, 4.69) is 4.98 Å². The highest BCUT2D eigenvalue weighted by atomic mass is 16.5. The van der Waals surface area contributed by atoms with Crippen LogP contribution in [0.2, 0.25) is 0 Å². The maximum Gasteiger partial charge on any atom is 0.330 e. The summed E-state index contributed by atoms with van der Waals surface area (Å²) in [6, 6.07) is 9.76. The summed E-state index contributed by atoms with van der Waals surface area (Å²) in [6.07, 6.45) is 4.90. The topological polar surface area (TPSA) is 39.2 Å². The Morgan fingerprint density at radius 2 is 2.29 bits per heavy atom. The smallest absolute Gasteiger partial charge is 0.330 e. The van der Waals surface area contributed by atoms with Crippen LogP contribution in [0, 0.1) is 0 Å². The Labute approximate surface area is 99.7 Å². The minimum atomic E-state index is -0.325. The molecule has 0 aliphatic carbocycles. The molecule has 0 aliphatic rings. The molecule has 1 aromatic heterocycles. The molecule has 0 amide bonds. The van der Waals surface area contributed by atoms with Gasteiger partial charge < -0.3 is 4.74 Å². The molecule has 2 aromatic rings. The van der Waals surface area contributed by atoms with E-state index in [1.807, 2.05) is 30.3 Å². The second kappa shape index (κ2) is 5.25. The van der Waals surface area contributed by atoms with Gasteiger partial charge in [-0.15, -0.1) is 0 Å². The predicted molar refractivity (Wildman–Crippen MR) is 67.4 cm³/mol. The van der Waals surface area contributed by atoms with Gasteiger partial charge in [0.1, 0.15) is 0 Å². The second-order valence-corrected chi connectivity index (χ2v) is 3.54. The molecule has 0 bridgehead atoms. The van der Waals surface area contributed by atoms with Gasteiger partial charge in [0.25, 0.3) is 0 Å². The minimum absolute atomic E-state index is 0.325. The molecular weight excluding hydrogens is 214 g/mol. The van der Waals surface area contributed by atoms with Crippen LogP contribution in [0.4, 0.5) is 0 Å². The van der Waals surface area contributed by atoms with Crippen LogP contribution in [0.3, 0.4) is 0 Å². The first-order valence-electron chi connectivity index (χ1n) is 5.49. The monoisotopic (exact) mass is 227 g/mol. The number of carbonyl (C=O) groups excluding carboxylic acids is 1. The summed E-state index contributed by atoms with van der Waals surface area (Å²) < 4.78 is 4.81. The van der Waals surface area contributed by atoms with Crippen LogP contribution in [0.5, 0.6) is 0 Å². The van der Waals surface area contributed by atoms with Crippen LogP contribution < -0.4 is 0 Å². The molecule has 0 saturated carbocycles. The Hall–Kier alpha value is -2.16. The van der Waals surface area contributed by atoms with Crippen molar-refractivity contribution < 1.29 is 9.53 Å². The van der Waals surface area contributed by atoms with Crippen molar-refractivity contribution in [1.82, 2.24) is 4.98 Å². The van der Waals surface area contributed by atoms with Crippen LogP contribution in [0.25, 0.3) is 17.0 Å². The minimum Gasteiger partial charge on any atom is -0.463 e. The Morgan fingerprint density at radius 1 is 1.41 bits per heavy atom. The van der Waals surface area contributed by atoms with E-state index in [9.17, 15) is 4.79 Å². The van der Waals surface area contributed by atoms with Gasteiger partial charge in [0.15, 0.2) is 0 Å². The molecule has 0 N–H and O–H groups in total. The number of benzene rings is 1. The number of rotatable bonds is 3. The molecule has 86 valence electrons. The van der Waals surface area contributed by atoms with Gasteiger partial charge in [-0.05, 0) is 30.7 Å². The van der Waals surface area contributed by atoms with Crippen molar-refractivity contribution in [2.24, 2.45) is 0 Å². The fourth-order valence-electron chi connectivity index (χ4n) is 1.54. The van der Waals surface area contributed by atoms with Crippen molar-refractivity contribution in [1.29, 1.82) is 0 Å². The Bertz CT molecular complexity index is 561. The van der Waals surface area contributed by atoms with Gasteiger partial charge >= 0.3 is 5.97 Å². The summed E-state index contributed by atoms with van der Waals surface area (Å²) >= 11 is 0. The first kappa shape index (κ1) is 11.3. The van der Waals surface area contributed by atoms with Crippen molar-refractivity contribution in [3.63, 3.8) is 0 Å². The summed E-state index contributed by atoms with van der Waals surface area (Å²) in [7, 11) is 0. The maximum absolute atomic E-state index is 11.2. The molecule has 0 aliphatic heterocycles. The predicted octanol–water partition coefficient (Wildman–Crippen LogP) is 2.81. The molecule has 0 atom stereocenters. The highest BCUT2D eigenvalue weighted by Crippen LogP contribution is 2.14. The van der Waals surface area contributed by atoms with Gasteiger partial charge in [-0.25, -0.2) is 4.79 Å². The first-order chi connectivity index (χ1) is 8.29. The standard InChI is InChI=1S/C14H13NO2/c1-2-17-14(16)8-6-11-5-7-12-4-3-9-15-13(12)10-11/h3-10H,2H2,1H3/b8-6+. The molecule has 1 aromatic carbocycles. The average Bonchev–Trinajstić information content (AvgIpc) is 2.36. The number of aromatic nitrogens is 1. The van der Waals surface area contributed by atoms with Gasteiger partial charge in [0.2, 0.25) is 0 Å². The number of hydrogen-bond acceptors (Lipinski definition) is 3. The number of ether oxygens (including phenoxy) is 1. The van der Waals surface area contributed by atoms with E-state index in [0.717, 1.165) is 16.5 Å². The third-order valence-corrected chi connectivity index (χ3v) is 2.33. The Kier molecular flexibility index (Phi) is 3.50. The normalized spacial score (nSPS) is 10.9. The van der Waals surface area contributed by atoms with E-state index in [-0.39, 0.29) is 5.97 Å². The lowest BCUT2D eigenvalue weighted by atomic mass is 10.1. The summed E-state index contributed by atoms with van der Waals surface area (Å²) in [5.74, 6) is -0.325. The lowest BCUT2D eigenvalue weighted by molar-refractivity contribution is -0.137. The Morgan fingerprint density at radius 3 is 3.12 bits per heavy atom. The number of fused-ring (bicyclic) bond motifs is 1. The molecular formula is C14H13NO2. The van der Waals surface area contributed by atoms with Crippen molar-refractivity contribution in [2.75, 3.05) is 6.61 Å². The van der Waals surface area contributed by atoms with Crippen LogP contribution >= 0.6 is 0 Å². The van der Waals surface area contributed by atoms with Crippen molar-refractivity contribution >= 4 is 22.9 Å².